The number of aromatic amines is 1. The lowest BCUT2D eigenvalue weighted by molar-refractivity contribution is -0.672. The largest absolute Gasteiger partial charge is 0.438 e. The zero-order valence-corrected chi connectivity index (χ0v) is 12.7. The fraction of sp³-hybridized carbons (Fsp3) is 0.0833. The van der Waals surface area contributed by atoms with Gasteiger partial charge in [-0.15, -0.1) is 10.2 Å². The van der Waals surface area contributed by atoms with Gasteiger partial charge in [-0.3, -0.25) is 9.32 Å². The highest BCUT2D eigenvalue weighted by Crippen LogP contribution is 2.23. The molecule has 3 aromatic rings. The topological polar surface area (TPSA) is 119 Å². The van der Waals surface area contributed by atoms with Gasteiger partial charge in [-0.1, -0.05) is 41.3 Å². The molecule has 22 heavy (non-hydrogen) atoms. The van der Waals surface area contributed by atoms with Crippen molar-refractivity contribution in [3.63, 3.8) is 0 Å². The van der Waals surface area contributed by atoms with Crippen LogP contribution in [0, 0.1) is 0 Å². The fourth-order valence-electron chi connectivity index (χ4n) is 1.74. The third kappa shape index (κ3) is 2.92. The maximum absolute atomic E-state index is 12.3. The Balaban J connectivity index is 1.84. The third-order valence-electron chi connectivity index (χ3n) is 2.67. The first kappa shape index (κ1) is 14.5. The molecule has 0 saturated carbocycles. The summed E-state index contributed by atoms with van der Waals surface area (Å²) in [5.74, 6) is -0.345. The molecule has 0 saturated heterocycles. The van der Waals surface area contributed by atoms with Gasteiger partial charge in [0.25, 0.3) is 0 Å². The number of thioether (sulfide) groups is 1. The average molecular weight is 336 g/mol. The monoisotopic (exact) mass is 336 g/mol. The molecule has 0 unspecified atom stereocenters. The Morgan fingerprint density at radius 2 is 2.14 bits per heavy atom. The summed E-state index contributed by atoms with van der Waals surface area (Å²) in [7, 11) is 0. The fourth-order valence-corrected chi connectivity index (χ4v) is 3.24. The molecule has 2 aromatic heterocycles. The number of nitrogens with two attached hydrogens (primary N) is 1. The van der Waals surface area contributed by atoms with Crippen molar-refractivity contribution in [2.75, 3.05) is 11.5 Å². The van der Waals surface area contributed by atoms with Gasteiger partial charge in [-0.05, 0) is 9.95 Å². The molecule has 3 N–H and O–H groups in total. The van der Waals surface area contributed by atoms with E-state index < -0.39 is 5.63 Å². The minimum Gasteiger partial charge on any atom is -0.374 e. The Hall–Kier alpha value is -2.46. The Labute approximate surface area is 131 Å². The van der Waals surface area contributed by atoms with E-state index in [1.807, 2.05) is 6.07 Å². The molecule has 0 atom stereocenters. The molecule has 0 bridgehead atoms. The number of nitrogens with one attached hydrogen (secondary N) is 1. The number of ketones is 1. The Morgan fingerprint density at radius 1 is 1.36 bits per heavy atom. The van der Waals surface area contributed by atoms with E-state index >= 15 is 0 Å². The molecule has 0 amide bonds. The molecule has 1 aromatic carbocycles. The van der Waals surface area contributed by atoms with Gasteiger partial charge in [0.2, 0.25) is 16.6 Å². The van der Waals surface area contributed by atoms with Gasteiger partial charge in [-0.25, -0.2) is 4.79 Å². The van der Waals surface area contributed by atoms with E-state index in [2.05, 4.69) is 15.5 Å². The van der Waals surface area contributed by atoms with Crippen molar-refractivity contribution in [2.24, 2.45) is 0 Å². The zero-order chi connectivity index (χ0) is 15.5. The number of hydrogen-bond acceptors (Lipinski definition) is 8. The van der Waals surface area contributed by atoms with Gasteiger partial charge in [0, 0.05) is 12.1 Å². The number of nitrogens with zero attached hydrogens (tertiary/aromatic N) is 3. The molecular formula is C12H10N5O3S2+. The summed E-state index contributed by atoms with van der Waals surface area (Å²) in [6.07, 6.45) is 0. The number of hydrogen-bond donors (Lipinski definition) is 2. The van der Waals surface area contributed by atoms with Crippen LogP contribution < -0.4 is 16.0 Å². The molecule has 0 aliphatic carbocycles. The highest BCUT2D eigenvalue weighted by atomic mass is 32.2. The number of benzene rings is 1. The van der Waals surface area contributed by atoms with Crippen molar-refractivity contribution >= 4 is 34.0 Å². The quantitative estimate of drug-likeness (QED) is 0.399. The standard InChI is InChI=1S/C12H9N5O3S2/c13-11-14-15-12(22-11)21-6-8(18)9-10(19)20-16-17(9)7-4-2-1-3-5-7/h1-5H,6H2,(H2-,13,14,16,18,19)/p+1. The number of carbonyl (C=O) groups is 1. The van der Waals surface area contributed by atoms with Crippen LogP contribution in [0.3, 0.4) is 0 Å². The number of carbonyl (C=O) groups excluding carboxylic acids is 1. The first-order valence-corrected chi connectivity index (χ1v) is 7.89. The van der Waals surface area contributed by atoms with Gasteiger partial charge >= 0.3 is 11.3 Å². The van der Waals surface area contributed by atoms with E-state index in [0.29, 0.717) is 15.2 Å². The Bertz CT molecular complexity index is 855. The number of para-hydroxylation sites is 1. The highest BCUT2D eigenvalue weighted by Gasteiger charge is 2.30. The van der Waals surface area contributed by atoms with Crippen molar-refractivity contribution < 1.29 is 14.0 Å². The maximum Gasteiger partial charge on any atom is 0.438 e. The van der Waals surface area contributed by atoms with Crippen LogP contribution in [0.15, 0.2) is 44.0 Å². The van der Waals surface area contributed by atoms with E-state index in [1.165, 1.54) is 27.8 Å². The minimum atomic E-state index is -0.716. The van der Waals surface area contributed by atoms with Crippen molar-refractivity contribution in [1.29, 1.82) is 0 Å². The normalized spacial score (nSPS) is 10.7. The summed E-state index contributed by atoms with van der Waals surface area (Å²) >= 11 is 2.35. The minimum absolute atomic E-state index is 0.0318. The lowest BCUT2D eigenvalue weighted by Gasteiger charge is -1.93. The predicted molar refractivity (Wildman–Crippen MR) is 80.2 cm³/mol. The average Bonchev–Trinajstić information content (AvgIpc) is 3.12. The lowest BCUT2D eigenvalue weighted by atomic mass is 10.3. The number of anilines is 1. The van der Waals surface area contributed by atoms with Crippen molar-refractivity contribution in [3.8, 4) is 5.69 Å². The number of rotatable bonds is 5. The molecule has 112 valence electrons. The zero-order valence-electron chi connectivity index (χ0n) is 11.1. The van der Waals surface area contributed by atoms with Crippen LogP contribution in [0.4, 0.5) is 5.13 Å². The van der Waals surface area contributed by atoms with E-state index in [9.17, 15) is 9.59 Å². The number of nitrogen functional groups attached to an aromatic ring is 1. The predicted octanol–water partition coefficient (Wildman–Crippen LogP) is 0.653. The SMILES string of the molecule is Nc1nnc(SCC(=O)c2c(=O)o[nH][n+]2-c2ccccc2)s1. The third-order valence-corrected chi connectivity index (χ3v) is 4.56. The smallest absolute Gasteiger partial charge is 0.374 e. The summed E-state index contributed by atoms with van der Waals surface area (Å²) in [6.45, 7) is 0. The Morgan fingerprint density at radius 3 is 2.82 bits per heavy atom. The molecule has 3 rings (SSSR count). The van der Waals surface area contributed by atoms with Gasteiger partial charge in [0.05, 0.1) is 5.75 Å². The van der Waals surface area contributed by atoms with Gasteiger partial charge in [0.1, 0.15) is 0 Å². The summed E-state index contributed by atoms with van der Waals surface area (Å²) in [5, 5.41) is 10.2. The van der Waals surface area contributed by atoms with E-state index in [0.717, 1.165) is 0 Å². The summed E-state index contributed by atoms with van der Waals surface area (Å²) < 4.78 is 6.62. The van der Waals surface area contributed by atoms with Crippen molar-refractivity contribution in [3.05, 3.63) is 46.4 Å². The van der Waals surface area contributed by atoms with Crippen LogP contribution >= 0.6 is 23.1 Å². The summed E-state index contributed by atoms with van der Waals surface area (Å²) in [4.78, 5) is 24.1. The maximum atomic E-state index is 12.3. The van der Waals surface area contributed by atoms with E-state index in [1.54, 1.807) is 24.3 Å². The number of Topliss-reactive ketones (excluding diaryl/α,β-unsaturated/α-hetero) is 1. The molecule has 8 nitrogen and oxygen atoms in total. The van der Waals surface area contributed by atoms with E-state index in [-0.39, 0.29) is 17.2 Å². The van der Waals surface area contributed by atoms with Crippen LogP contribution in [0.5, 0.6) is 0 Å². The first-order valence-electron chi connectivity index (χ1n) is 6.09. The summed E-state index contributed by atoms with van der Waals surface area (Å²) in [5.41, 5.74) is 5.31. The Kier molecular flexibility index (Phi) is 4.02. The van der Waals surface area contributed by atoms with Gasteiger partial charge in [-0.2, -0.15) is 0 Å². The van der Waals surface area contributed by atoms with Crippen LogP contribution in [0.2, 0.25) is 0 Å². The van der Waals surface area contributed by atoms with Crippen LogP contribution in [-0.2, 0) is 0 Å². The number of H-pyrrole nitrogens is 1. The molecule has 0 aliphatic heterocycles. The molecule has 0 fully saturated rings. The first-order chi connectivity index (χ1) is 10.6. The molecule has 0 aliphatic rings. The van der Waals surface area contributed by atoms with Gasteiger partial charge in [0.15, 0.2) is 4.34 Å². The van der Waals surface area contributed by atoms with E-state index in [4.69, 9.17) is 10.3 Å². The van der Waals surface area contributed by atoms with Crippen LogP contribution in [0.25, 0.3) is 5.69 Å². The molecule has 10 heteroatoms. The van der Waals surface area contributed by atoms with Crippen molar-refractivity contribution in [2.45, 2.75) is 4.34 Å². The second-order valence-corrected chi connectivity index (χ2v) is 6.35. The van der Waals surface area contributed by atoms with Crippen molar-refractivity contribution in [1.82, 2.24) is 15.5 Å². The summed E-state index contributed by atoms with van der Waals surface area (Å²) in [6, 6.07) is 8.92. The van der Waals surface area contributed by atoms with Crippen LogP contribution in [0.1, 0.15) is 10.5 Å². The highest BCUT2D eigenvalue weighted by molar-refractivity contribution is 8.01. The second-order valence-electron chi connectivity index (χ2n) is 4.12. The van der Waals surface area contributed by atoms with Gasteiger partial charge < -0.3 is 5.73 Å². The second kappa shape index (κ2) is 6.12. The molecular weight excluding hydrogens is 326 g/mol. The number of aromatic nitrogens is 4. The molecule has 2 heterocycles. The molecule has 0 spiro atoms. The molecule has 0 radical (unpaired) electrons. The van der Waals surface area contributed by atoms with Crippen LogP contribution in [-0.4, -0.2) is 27.0 Å². The lowest BCUT2D eigenvalue weighted by Crippen LogP contribution is -2.41.